The molecule has 0 saturated carbocycles. The lowest BCUT2D eigenvalue weighted by atomic mass is 10.0. The molecule has 34 heavy (non-hydrogen) atoms. The molecule has 0 spiro atoms. The van der Waals surface area contributed by atoms with Crippen molar-refractivity contribution in [1.82, 2.24) is 15.2 Å². The number of benzene rings is 2. The van der Waals surface area contributed by atoms with Gasteiger partial charge in [-0.05, 0) is 44.0 Å². The van der Waals surface area contributed by atoms with E-state index in [9.17, 15) is 14.7 Å². The number of halogens is 1. The van der Waals surface area contributed by atoms with E-state index in [1.165, 1.54) is 13.3 Å². The highest BCUT2D eigenvalue weighted by Crippen LogP contribution is 2.33. The maximum Gasteiger partial charge on any atom is 0.293 e. The lowest BCUT2D eigenvalue weighted by Crippen LogP contribution is -2.14. The van der Waals surface area contributed by atoms with Crippen molar-refractivity contribution < 1.29 is 24.2 Å². The van der Waals surface area contributed by atoms with E-state index in [1.54, 1.807) is 24.3 Å². The fourth-order valence-corrected chi connectivity index (χ4v) is 3.62. The summed E-state index contributed by atoms with van der Waals surface area (Å²) >= 11 is 6.26. The second-order valence-electron chi connectivity index (χ2n) is 7.68. The van der Waals surface area contributed by atoms with Gasteiger partial charge in [-0.3, -0.25) is 14.7 Å². The molecular weight excluding hydrogens is 460 g/mol. The molecule has 2 aromatic carbocycles. The van der Waals surface area contributed by atoms with Crippen LogP contribution < -0.4 is 14.8 Å². The van der Waals surface area contributed by atoms with Crippen molar-refractivity contribution in [1.29, 1.82) is 0 Å². The van der Waals surface area contributed by atoms with Gasteiger partial charge in [0.15, 0.2) is 5.78 Å². The fraction of sp³-hybridized carbons (Fsp3) is 0.333. The van der Waals surface area contributed by atoms with Crippen molar-refractivity contribution >= 4 is 29.0 Å². The number of phenolic OH excluding ortho intramolecular Hbond substituents is 1. The van der Waals surface area contributed by atoms with Crippen LogP contribution in [0.15, 0.2) is 30.6 Å². The molecule has 0 fully saturated rings. The SMILES string of the molecule is CCCc1c(OCCCOc2cc(NC(=O)c3ncn[nH]3)c(Cl)cc2C)ccc(C(C)=O)c1O. The number of phenols is 1. The lowest BCUT2D eigenvalue weighted by molar-refractivity contribution is 0.100. The van der Waals surface area contributed by atoms with Gasteiger partial charge in [-0.15, -0.1) is 0 Å². The number of carbonyl (C=O) groups excluding carboxylic acids is 2. The maximum atomic E-state index is 12.2. The molecule has 1 heterocycles. The highest BCUT2D eigenvalue weighted by atomic mass is 35.5. The zero-order chi connectivity index (χ0) is 24.7. The molecule has 0 bridgehead atoms. The quantitative estimate of drug-likeness (QED) is 0.264. The minimum Gasteiger partial charge on any atom is -0.507 e. The third kappa shape index (κ3) is 6.05. The van der Waals surface area contributed by atoms with Gasteiger partial charge in [-0.1, -0.05) is 24.9 Å². The Balaban J connectivity index is 1.58. The lowest BCUT2D eigenvalue weighted by Gasteiger charge is -2.15. The molecule has 3 aromatic rings. The number of anilines is 1. The van der Waals surface area contributed by atoms with Crippen LogP contribution in [0.25, 0.3) is 0 Å². The van der Waals surface area contributed by atoms with Crippen molar-refractivity contribution in [2.45, 2.75) is 40.0 Å². The number of aromatic amines is 1. The molecule has 10 heteroatoms. The average Bonchev–Trinajstić information content (AvgIpc) is 3.33. The Kier molecular flexibility index (Phi) is 8.48. The van der Waals surface area contributed by atoms with Crippen LogP contribution in [-0.2, 0) is 6.42 Å². The van der Waals surface area contributed by atoms with E-state index < -0.39 is 5.91 Å². The van der Waals surface area contributed by atoms with Crippen LogP contribution in [0.1, 0.15) is 58.8 Å². The molecule has 3 rings (SSSR count). The molecule has 1 amide bonds. The van der Waals surface area contributed by atoms with E-state index in [0.717, 1.165) is 12.0 Å². The molecule has 0 radical (unpaired) electrons. The van der Waals surface area contributed by atoms with E-state index in [0.29, 0.717) is 59.4 Å². The monoisotopic (exact) mass is 486 g/mol. The summed E-state index contributed by atoms with van der Waals surface area (Å²) in [6, 6.07) is 6.66. The largest absolute Gasteiger partial charge is 0.507 e. The third-order valence-electron chi connectivity index (χ3n) is 5.07. The van der Waals surface area contributed by atoms with Crippen LogP contribution in [-0.4, -0.2) is 45.2 Å². The van der Waals surface area contributed by atoms with Crippen molar-refractivity contribution in [3.05, 3.63) is 58.1 Å². The van der Waals surface area contributed by atoms with Gasteiger partial charge in [-0.25, -0.2) is 4.98 Å². The van der Waals surface area contributed by atoms with E-state index in [-0.39, 0.29) is 17.4 Å². The van der Waals surface area contributed by atoms with Crippen LogP contribution in [0, 0.1) is 6.92 Å². The summed E-state index contributed by atoms with van der Waals surface area (Å²) in [6.45, 7) is 5.99. The summed E-state index contributed by atoms with van der Waals surface area (Å²) in [5.74, 6) is 0.534. The molecule has 0 aliphatic carbocycles. The predicted octanol–water partition coefficient (Wildman–Crippen LogP) is 4.73. The van der Waals surface area contributed by atoms with Gasteiger partial charge in [-0.2, -0.15) is 5.10 Å². The van der Waals surface area contributed by atoms with Crippen molar-refractivity contribution in [2.24, 2.45) is 0 Å². The van der Waals surface area contributed by atoms with Gasteiger partial charge in [0.1, 0.15) is 23.6 Å². The number of amides is 1. The van der Waals surface area contributed by atoms with Gasteiger partial charge < -0.3 is 19.9 Å². The summed E-state index contributed by atoms with van der Waals surface area (Å²) in [7, 11) is 0. The Bertz CT molecular complexity index is 1160. The first-order valence-corrected chi connectivity index (χ1v) is 11.3. The number of H-pyrrole nitrogens is 1. The van der Waals surface area contributed by atoms with Crippen LogP contribution in [0.2, 0.25) is 5.02 Å². The van der Waals surface area contributed by atoms with Crippen molar-refractivity contribution in [3.63, 3.8) is 0 Å². The molecule has 0 atom stereocenters. The number of hydrogen-bond donors (Lipinski definition) is 3. The van der Waals surface area contributed by atoms with E-state index in [1.807, 2.05) is 13.8 Å². The summed E-state index contributed by atoms with van der Waals surface area (Å²) < 4.78 is 11.7. The van der Waals surface area contributed by atoms with Crippen LogP contribution in [0.3, 0.4) is 0 Å². The zero-order valence-electron chi connectivity index (χ0n) is 19.3. The van der Waals surface area contributed by atoms with Gasteiger partial charge >= 0.3 is 0 Å². The molecule has 180 valence electrons. The second-order valence-corrected chi connectivity index (χ2v) is 8.09. The number of aryl methyl sites for hydroxylation is 1. The molecule has 9 nitrogen and oxygen atoms in total. The van der Waals surface area contributed by atoms with Crippen molar-refractivity contribution in [3.8, 4) is 17.2 Å². The number of ketones is 1. The molecule has 0 saturated heterocycles. The average molecular weight is 487 g/mol. The highest BCUT2D eigenvalue weighted by Gasteiger charge is 2.16. The Morgan fingerprint density at radius 3 is 2.56 bits per heavy atom. The number of ether oxygens (including phenoxy) is 2. The van der Waals surface area contributed by atoms with Gasteiger partial charge in [0, 0.05) is 18.1 Å². The smallest absolute Gasteiger partial charge is 0.293 e. The second kappa shape index (κ2) is 11.5. The number of aromatic hydroxyl groups is 1. The van der Waals surface area contributed by atoms with Gasteiger partial charge in [0.25, 0.3) is 5.91 Å². The van der Waals surface area contributed by atoms with E-state index in [4.69, 9.17) is 21.1 Å². The number of aromatic nitrogens is 3. The number of nitrogens with zero attached hydrogens (tertiary/aromatic N) is 2. The van der Waals surface area contributed by atoms with Gasteiger partial charge in [0.2, 0.25) is 5.82 Å². The Morgan fingerprint density at radius 2 is 1.91 bits per heavy atom. The molecule has 0 aliphatic rings. The van der Waals surface area contributed by atoms with E-state index in [2.05, 4.69) is 20.5 Å². The molecule has 0 aliphatic heterocycles. The number of nitrogens with one attached hydrogen (secondary N) is 2. The summed E-state index contributed by atoms with van der Waals surface area (Å²) in [6.07, 6.45) is 3.22. The number of carbonyl (C=O) groups is 2. The van der Waals surface area contributed by atoms with E-state index >= 15 is 0 Å². The summed E-state index contributed by atoms with van der Waals surface area (Å²) in [5, 5.41) is 19.7. The Labute approximate surface area is 202 Å². The first kappa shape index (κ1) is 25.0. The minimum absolute atomic E-state index is 0.0141. The zero-order valence-corrected chi connectivity index (χ0v) is 20.0. The highest BCUT2D eigenvalue weighted by molar-refractivity contribution is 6.34. The first-order chi connectivity index (χ1) is 16.3. The Morgan fingerprint density at radius 1 is 1.18 bits per heavy atom. The molecule has 0 unspecified atom stereocenters. The number of Topliss-reactive ketones (excluding diaryl/α,β-unsaturated/α-hetero) is 1. The van der Waals surface area contributed by atoms with Crippen LogP contribution >= 0.6 is 11.6 Å². The summed E-state index contributed by atoms with van der Waals surface area (Å²) in [5.41, 5.74) is 2.14. The molecule has 1 aromatic heterocycles. The topological polar surface area (TPSA) is 126 Å². The molecular formula is C24H27ClN4O5. The normalized spacial score (nSPS) is 10.7. The number of hydrogen-bond acceptors (Lipinski definition) is 7. The fourth-order valence-electron chi connectivity index (χ4n) is 3.35. The predicted molar refractivity (Wildman–Crippen MR) is 128 cm³/mol. The van der Waals surface area contributed by atoms with Crippen LogP contribution in [0.5, 0.6) is 17.2 Å². The number of rotatable bonds is 11. The summed E-state index contributed by atoms with van der Waals surface area (Å²) in [4.78, 5) is 27.7. The third-order valence-corrected chi connectivity index (χ3v) is 5.38. The first-order valence-electron chi connectivity index (χ1n) is 10.9. The maximum absolute atomic E-state index is 12.2. The van der Waals surface area contributed by atoms with Crippen LogP contribution in [0.4, 0.5) is 5.69 Å². The van der Waals surface area contributed by atoms with Crippen molar-refractivity contribution in [2.75, 3.05) is 18.5 Å². The molecule has 3 N–H and O–H groups in total. The Hall–Kier alpha value is -3.59. The standard InChI is InChI=1S/C24H27ClN4O5/c1-4-6-17-20(8-7-16(15(3)30)22(17)31)33-9-5-10-34-21-12-19(18(25)11-14(21)2)28-24(32)23-26-13-27-29-23/h7-8,11-13,31H,4-6,9-10H2,1-3H3,(H,28,32)(H,26,27,29). The minimum atomic E-state index is -0.468. The van der Waals surface area contributed by atoms with Gasteiger partial charge in [0.05, 0.1) is 29.5 Å².